The molecule has 0 bridgehead atoms. The normalized spacial score (nSPS) is 21.9. The van der Waals surface area contributed by atoms with Crippen molar-refractivity contribution in [3.63, 3.8) is 0 Å². The van der Waals surface area contributed by atoms with Gasteiger partial charge < -0.3 is 5.32 Å². The van der Waals surface area contributed by atoms with Gasteiger partial charge in [0.25, 0.3) is 0 Å². The number of alkyl halides is 1. The number of rotatable bonds is 6. The maximum Gasteiger partial charge on any atom is 0.226 e. The van der Waals surface area contributed by atoms with Gasteiger partial charge in [-0.1, -0.05) is 26.7 Å². The fourth-order valence-corrected chi connectivity index (χ4v) is 3.55. The lowest BCUT2D eigenvalue weighted by Gasteiger charge is -2.31. The van der Waals surface area contributed by atoms with E-state index in [2.05, 4.69) is 26.1 Å². The molecular weight excluding hydrogens is 246 g/mol. The summed E-state index contributed by atoms with van der Waals surface area (Å²) in [5, 5.41) is 3.29. The minimum absolute atomic E-state index is 0.0992. The van der Waals surface area contributed by atoms with E-state index in [1.165, 1.54) is 12.8 Å². The van der Waals surface area contributed by atoms with Crippen LogP contribution in [-0.2, 0) is 4.79 Å². The fraction of sp³-hybridized carbons (Fsp3) is 0.933. The first kappa shape index (κ1) is 15.8. The van der Waals surface area contributed by atoms with Crippen LogP contribution in [0.25, 0.3) is 0 Å². The number of carbonyl (C=O) groups is 1. The summed E-state index contributed by atoms with van der Waals surface area (Å²) in [6.07, 6.45) is 6.36. The van der Waals surface area contributed by atoms with E-state index in [-0.39, 0.29) is 22.7 Å². The highest BCUT2D eigenvalue weighted by atomic mass is 35.5. The highest BCUT2D eigenvalue weighted by Gasteiger charge is 2.41. The molecule has 1 aliphatic carbocycles. The van der Waals surface area contributed by atoms with Crippen LogP contribution in [0.1, 0.15) is 66.2 Å². The lowest BCUT2D eigenvalue weighted by Crippen LogP contribution is -2.44. The molecule has 18 heavy (non-hydrogen) atoms. The van der Waals surface area contributed by atoms with Crippen LogP contribution in [0.2, 0.25) is 0 Å². The zero-order valence-corrected chi connectivity index (χ0v) is 13.0. The van der Waals surface area contributed by atoms with Crippen molar-refractivity contribution in [1.82, 2.24) is 5.32 Å². The molecule has 2 nitrogen and oxygen atoms in total. The summed E-state index contributed by atoms with van der Waals surface area (Å²) in [5.41, 5.74) is -0.0992. The van der Waals surface area contributed by atoms with Gasteiger partial charge in [-0.05, 0) is 45.4 Å². The minimum atomic E-state index is -0.0992. The summed E-state index contributed by atoms with van der Waals surface area (Å²) in [6, 6.07) is 0.176. The van der Waals surface area contributed by atoms with Crippen LogP contribution in [-0.4, -0.2) is 17.3 Å². The van der Waals surface area contributed by atoms with Crippen molar-refractivity contribution in [2.45, 2.75) is 77.6 Å². The monoisotopic (exact) mass is 273 g/mol. The van der Waals surface area contributed by atoms with Crippen molar-refractivity contribution >= 4 is 17.5 Å². The van der Waals surface area contributed by atoms with Crippen LogP contribution < -0.4 is 5.32 Å². The zero-order valence-electron chi connectivity index (χ0n) is 12.3. The molecule has 0 spiro atoms. The van der Waals surface area contributed by atoms with Gasteiger partial charge in [-0.25, -0.2) is 0 Å². The molecule has 1 fully saturated rings. The Hall–Kier alpha value is -0.240. The van der Waals surface area contributed by atoms with E-state index >= 15 is 0 Å². The summed E-state index contributed by atoms with van der Waals surface area (Å²) >= 11 is 5.98. The van der Waals surface area contributed by atoms with Crippen LogP contribution in [0.4, 0.5) is 0 Å². The molecular formula is C15H28ClNO. The van der Waals surface area contributed by atoms with Crippen LogP contribution in [0.5, 0.6) is 0 Å². The molecule has 0 aromatic rings. The molecule has 1 amide bonds. The second-order valence-corrected chi connectivity index (χ2v) is 7.22. The van der Waals surface area contributed by atoms with Crippen LogP contribution in [0.15, 0.2) is 0 Å². The highest BCUT2D eigenvalue weighted by Crippen LogP contribution is 2.43. The number of carbonyl (C=O) groups excluding carboxylic acids is 1. The first-order valence-corrected chi connectivity index (χ1v) is 7.74. The molecule has 2 atom stereocenters. The Morgan fingerprint density at radius 1 is 1.22 bits per heavy atom. The molecule has 0 radical (unpaired) electrons. The fourth-order valence-electron chi connectivity index (χ4n) is 3.28. The van der Waals surface area contributed by atoms with Gasteiger partial charge in [0.1, 0.15) is 0 Å². The summed E-state index contributed by atoms with van der Waals surface area (Å²) in [6.45, 7) is 8.44. The number of amides is 1. The van der Waals surface area contributed by atoms with Gasteiger partial charge in [-0.3, -0.25) is 4.79 Å². The standard InChI is InChI=1S/C15H28ClNO/c1-11(2)10-15(7-5-6-8-15)14(18)17-13(4)9-12(3)16/h11-13H,5-10H2,1-4H3,(H,17,18). The smallest absolute Gasteiger partial charge is 0.226 e. The first-order chi connectivity index (χ1) is 8.35. The third-order valence-corrected chi connectivity index (χ3v) is 4.08. The number of nitrogens with one attached hydrogen (secondary N) is 1. The van der Waals surface area contributed by atoms with Crippen LogP contribution in [0.3, 0.4) is 0 Å². The highest BCUT2D eigenvalue weighted by molar-refractivity contribution is 6.20. The van der Waals surface area contributed by atoms with E-state index in [0.717, 1.165) is 25.7 Å². The molecule has 0 aromatic carbocycles. The molecule has 0 heterocycles. The summed E-state index contributed by atoms with van der Waals surface area (Å²) in [4.78, 5) is 12.5. The average molecular weight is 274 g/mol. The third kappa shape index (κ3) is 4.46. The summed E-state index contributed by atoms with van der Waals surface area (Å²) in [5.74, 6) is 0.842. The number of halogens is 1. The summed E-state index contributed by atoms with van der Waals surface area (Å²) in [7, 11) is 0. The topological polar surface area (TPSA) is 29.1 Å². The molecule has 0 aliphatic heterocycles. The molecule has 1 saturated carbocycles. The predicted molar refractivity (Wildman–Crippen MR) is 77.9 cm³/mol. The molecule has 0 aromatic heterocycles. The molecule has 1 aliphatic rings. The Morgan fingerprint density at radius 2 is 1.78 bits per heavy atom. The Balaban J connectivity index is 2.60. The Bertz CT molecular complexity index is 270. The van der Waals surface area contributed by atoms with Crippen molar-refractivity contribution in [3.05, 3.63) is 0 Å². The van der Waals surface area contributed by atoms with Gasteiger partial charge in [0.05, 0.1) is 0 Å². The third-order valence-electron chi connectivity index (χ3n) is 3.90. The molecule has 2 unspecified atom stereocenters. The molecule has 106 valence electrons. The van der Waals surface area contributed by atoms with E-state index in [9.17, 15) is 4.79 Å². The maximum absolute atomic E-state index is 12.5. The van der Waals surface area contributed by atoms with Crippen molar-refractivity contribution in [2.24, 2.45) is 11.3 Å². The van der Waals surface area contributed by atoms with Crippen molar-refractivity contribution in [1.29, 1.82) is 0 Å². The van der Waals surface area contributed by atoms with E-state index < -0.39 is 0 Å². The minimum Gasteiger partial charge on any atom is -0.353 e. The SMILES string of the molecule is CC(C)CC1(C(=O)NC(C)CC(C)Cl)CCCC1. The summed E-state index contributed by atoms with van der Waals surface area (Å²) < 4.78 is 0. The van der Waals surface area contributed by atoms with Crippen molar-refractivity contribution in [3.8, 4) is 0 Å². The van der Waals surface area contributed by atoms with Gasteiger partial charge in [-0.15, -0.1) is 11.6 Å². The van der Waals surface area contributed by atoms with Gasteiger partial charge >= 0.3 is 0 Å². The largest absolute Gasteiger partial charge is 0.353 e. The predicted octanol–water partition coefficient (Wildman–Crippen LogP) is 4.12. The quantitative estimate of drug-likeness (QED) is 0.725. The molecule has 0 saturated heterocycles. The van der Waals surface area contributed by atoms with Crippen LogP contribution >= 0.6 is 11.6 Å². The van der Waals surface area contributed by atoms with E-state index in [1.54, 1.807) is 0 Å². The number of hydrogen-bond acceptors (Lipinski definition) is 1. The van der Waals surface area contributed by atoms with Gasteiger partial charge in [-0.2, -0.15) is 0 Å². The van der Waals surface area contributed by atoms with Gasteiger partial charge in [0, 0.05) is 16.8 Å². The van der Waals surface area contributed by atoms with Crippen molar-refractivity contribution in [2.75, 3.05) is 0 Å². The van der Waals surface area contributed by atoms with E-state index in [4.69, 9.17) is 11.6 Å². The van der Waals surface area contributed by atoms with Gasteiger partial charge in [0.2, 0.25) is 5.91 Å². The molecule has 3 heteroatoms. The molecule has 1 rings (SSSR count). The second kappa shape index (κ2) is 6.79. The molecule has 1 N–H and O–H groups in total. The Kier molecular flexibility index (Phi) is 5.97. The maximum atomic E-state index is 12.5. The van der Waals surface area contributed by atoms with Crippen molar-refractivity contribution < 1.29 is 4.79 Å². The average Bonchev–Trinajstić information content (AvgIpc) is 2.64. The second-order valence-electron chi connectivity index (χ2n) is 6.48. The van der Waals surface area contributed by atoms with Crippen LogP contribution in [0, 0.1) is 11.3 Å². The lowest BCUT2D eigenvalue weighted by atomic mass is 9.77. The Morgan fingerprint density at radius 3 is 2.22 bits per heavy atom. The zero-order chi connectivity index (χ0) is 13.8. The number of hydrogen-bond donors (Lipinski definition) is 1. The lowest BCUT2D eigenvalue weighted by molar-refractivity contribution is -0.132. The van der Waals surface area contributed by atoms with Gasteiger partial charge in [0.15, 0.2) is 0 Å². The van der Waals surface area contributed by atoms with E-state index in [0.29, 0.717) is 5.92 Å². The van der Waals surface area contributed by atoms with E-state index in [1.807, 2.05) is 6.92 Å². The Labute approximate surface area is 117 Å². The first-order valence-electron chi connectivity index (χ1n) is 7.31.